The molecule has 17 heavy (non-hydrogen) atoms. The summed E-state index contributed by atoms with van der Waals surface area (Å²) < 4.78 is 0. The molecule has 1 unspecified atom stereocenters. The quantitative estimate of drug-likeness (QED) is 0.485. The van der Waals surface area contributed by atoms with Crippen LogP contribution in [0.5, 0.6) is 0 Å². The zero-order chi connectivity index (χ0) is 12.0. The van der Waals surface area contributed by atoms with Gasteiger partial charge in [-0.3, -0.25) is 9.69 Å². The van der Waals surface area contributed by atoms with E-state index in [0.29, 0.717) is 22.7 Å². The van der Waals surface area contributed by atoms with E-state index < -0.39 is 0 Å². The molecule has 0 bridgehead atoms. The lowest BCUT2D eigenvalue weighted by molar-refractivity contribution is 0.0964. The minimum Gasteiger partial charge on any atom is -0.292 e. The van der Waals surface area contributed by atoms with E-state index >= 15 is 0 Å². The fourth-order valence-electron chi connectivity index (χ4n) is 3.10. The standard InChI is InChI=1S/C14H16BrNO/c1-9(15)11-7-8-12-13(16(11)12)14(17)10-5-3-2-4-6-10/h2-6,9,11-13H,7-8H2,1H3/t9-,11+,12-,13+,16?/m1/s1. The highest BCUT2D eigenvalue weighted by molar-refractivity contribution is 9.09. The molecule has 3 heteroatoms. The first-order valence-electron chi connectivity index (χ1n) is 6.21. The third kappa shape index (κ3) is 1.85. The molecule has 5 atom stereocenters. The lowest BCUT2D eigenvalue weighted by Gasteiger charge is -2.17. The molecule has 2 saturated heterocycles. The van der Waals surface area contributed by atoms with Crippen LogP contribution in [-0.2, 0) is 0 Å². The summed E-state index contributed by atoms with van der Waals surface area (Å²) in [5.74, 6) is 0.299. The van der Waals surface area contributed by atoms with Crippen molar-refractivity contribution >= 4 is 21.7 Å². The number of alkyl halides is 1. The predicted molar refractivity (Wildman–Crippen MR) is 71.6 cm³/mol. The maximum atomic E-state index is 12.3. The molecule has 3 rings (SSSR count). The molecule has 0 amide bonds. The van der Waals surface area contributed by atoms with Crippen LogP contribution in [0.2, 0.25) is 0 Å². The number of carbonyl (C=O) groups excluding carboxylic acids is 1. The fraction of sp³-hybridized carbons (Fsp3) is 0.500. The maximum absolute atomic E-state index is 12.3. The SMILES string of the molecule is C[C@@H](Br)[C@@H]1CC[C@@H]2[C@@H](C(=O)c3ccccc3)N21. The van der Waals surface area contributed by atoms with Gasteiger partial charge >= 0.3 is 0 Å². The molecule has 0 saturated carbocycles. The molecule has 90 valence electrons. The summed E-state index contributed by atoms with van der Waals surface area (Å²) in [6, 6.07) is 10.9. The molecule has 0 radical (unpaired) electrons. The van der Waals surface area contributed by atoms with Crippen molar-refractivity contribution in [3.63, 3.8) is 0 Å². The highest BCUT2D eigenvalue weighted by Gasteiger charge is 2.59. The first-order valence-corrected chi connectivity index (χ1v) is 7.12. The van der Waals surface area contributed by atoms with E-state index in [-0.39, 0.29) is 6.04 Å². The molecule has 0 N–H and O–H groups in total. The number of Topliss-reactive ketones (excluding diaryl/α,β-unsaturated/α-hetero) is 1. The summed E-state index contributed by atoms with van der Waals surface area (Å²) in [4.78, 5) is 15.2. The smallest absolute Gasteiger partial charge is 0.181 e. The zero-order valence-electron chi connectivity index (χ0n) is 9.84. The molecule has 2 fully saturated rings. The van der Waals surface area contributed by atoms with Gasteiger partial charge in [0.05, 0.1) is 6.04 Å². The van der Waals surface area contributed by atoms with Crippen LogP contribution in [0.4, 0.5) is 0 Å². The number of carbonyl (C=O) groups is 1. The number of piperidine rings is 1. The van der Waals surface area contributed by atoms with Crippen LogP contribution in [0.25, 0.3) is 0 Å². The Hall–Kier alpha value is -0.670. The maximum Gasteiger partial charge on any atom is 0.181 e. The summed E-state index contributed by atoms with van der Waals surface area (Å²) in [6.07, 6.45) is 2.39. The Morgan fingerprint density at radius 2 is 2.06 bits per heavy atom. The van der Waals surface area contributed by atoms with Gasteiger partial charge in [-0.15, -0.1) is 0 Å². The normalized spacial score (nSPS) is 36.4. The van der Waals surface area contributed by atoms with Crippen LogP contribution in [-0.4, -0.2) is 33.6 Å². The second-order valence-electron chi connectivity index (χ2n) is 5.01. The predicted octanol–water partition coefficient (Wildman–Crippen LogP) is 2.87. The van der Waals surface area contributed by atoms with E-state index in [1.54, 1.807) is 0 Å². The largest absolute Gasteiger partial charge is 0.292 e. The first kappa shape index (κ1) is 11.4. The zero-order valence-corrected chi connectivity index (χ0v) is 11.4. The van der Waals surface area contributed by atoms with Gasteiger partial charge < -0.3 is 0 Å². The number of nitrogens with zero attached hydrogens (tertiary/aromatic N) is 1. The summed E-state index contributed by atoms with van der Waals surface area (Å²) >= 11 is 3.65. The average Bonchev–Trinajstić information content (AvgIpc) is 2.88. The van der Waals surface area contributed by atoms with Crippen LogP contribution in [0.3, 0.4) is 0 Å². The highest BCUT2D eigenvalue weighted by atomic mass is 79.9. The topological polar surface area (TPSA) is 20.1 Å². The van der Waals surface area contributed by atoms with Gasteiger partial charge in [-0.05, 0) is 12.8 Å². The van der Waals surface area contributed by atoms with Crippen molar-refractivity contribution in [2.45, 2.75) is 42.7 Å². The molecule has 0 aromatic heterocycles. The van der Waals surface area contributed by atoms with E-state index in [2.05, 4.69) is 27.8 Å². The number of fused-ring (bicyclic) bond motifs is 1. The molecule has 2 heterocycles. The molecule has 0 aliphatic carbocycles. The minimum atomic E-state index is 0.149. The number of hydrogen-bond donors (Lipinski definition) is 0. The fourth-order valence-corrected chi connectivity index (χ4v) is 3.64. The summed E-state index contributed by atoms with van der Waals surface area (Å²) in [6.45, 7) is 2.18. The molecule has 2 nitrogen and oxygen atoms in total. The summed E-state index contributed by atoms with van der Waals surface area (Å²) in [5, 5.41) is 0. The number of ketones is 1. The van der Waals surface area contributed by atoms with Gasteiger partial charge in [0.1, 0.15) is 0 Å². The van der Waals surface area contributed by atoms with Crippen molar-refractivity contribution in [1.82, 2.24) is 4.90 Å². The molecular formula is C14H16BrNO. The van der Waals surface area contributed by atoms with Crippen molar-refractivity contribution in [3.05, 3.63) is 35.9 Å². The molecule has 2 aliphatic heterocycles. The van der Waals surface area contributed by atoms with Crippen molar-refractivity contribution in [2.75, 3.05) is 0 Å². The number of rotatable bonds is 3. The van der Waals surface area contributed by atoms with Gasteiger partial charge in [-0.2, -0.15) is 0 Å². The average molecular weight is 294 g/mol. The number of hydrogen-bond acceptors (Lipinski definition) is 2. The van der Waals surface area contributed by atoms with Gasteiger partial charge in [0.15, 0.2) is 5.78 Å². The molecule has 2 aliphatic rings. The van der Waals surface area contributed by atoms with Crippen molar-refractivity contribution in [1.29, 1.82) is 0 Å². The Morgan fingerprint density at radius 3 is 2.71 bits per heavy atom. The highest BCUT2D eigenvalue weighted by Crippen LogP contribution is 2.46. The van der Waals surface area contributed by atoms with E-state index in [0.717, 1.165) is 5.56 Å². The first-order chi connectivity index (χ1) is 8.20. The molecular weight excluding hydrogens is 278 g/mol. The van der Waals surface area contributed by atoms with Crippen molar-refractivity contribution in [3.8, 4) is 0 Å². The lowest BCUT2D eigenvalue weighted by Crippen LogP contribution is -2.29. The van der Waals surface area contributed by atoms with Gasteiger partial charge in [-0.25, -0.2) is 0 Å². The molecule has 0 spiro atoms. The van der Waals surface area contributed by atoms with Crippen molar-refractivity contribution in [2.24, 2.45) is 0 Å². The summed E-state index contributed by atoms with van der Waals surface area (Å²) in [7, 11) is 0. The number of halogens is 1. The van der Waals surface area contributed by atoms with Crippen molar-refractivity contribution < 1.29 is 4.79 Å². The number of benzene rings is 1. The molecule has 1 aromatic rings. The Morgan fingerprint density at radius 1 is 1.35 bits per heavy atom. The van der Waals surface area contributed by atoms with Crippen LogP contribution in [0.1, 0.15) is 30.1 Å². The van der Waals surface area contributed by atoms with Gasteiger partial charge in [0, 0.05) is 22.5 Å². The van der Waals surface area contributed by atoms with E-state index in [9.17, 15) is 4.79 Å². The van der Waals surface area contributed by atoms with Crippen LogP contribution >= 0.6 is 15.9 Å². The van der Waals surface area contributed by atoms with Crippen LogP contribution in [0, 0.1) is 0 Å². The van der Waals surface area contributed by atoms with Crippen LogP contribution in [0.15, 0.2) is 30.3 Å². The van der Waals surface area contributed by atoms with Gasteiger partial charge in [0.25, 0.3) is 0 Å². The van der Waals surface area contributed by atoms with Crippen LogP contribution < -0.4 is 0 Å². The Bertz CT molecular complexity index is 431. The monoisotopic (exact) mass is 293 g/mol. The molecule has 1 aromatic carbocycles. The van der Waals surface area contributed by atoms with E-state index in [4.69, 9.17) is 0 Å². The lowest BCUT2D eigenvalue weighted by atomic mass is 10.0. The second-order valence-corrected chi connectivity index (χ2v) is 6.46. The Labute approximate surface area is 110 Å². The minimum absolute atomic E-state index is 0.149. The van der Waals surface area contributed by atoms with E-state index in [1.807, 2.05) is 30.3 Å². The Balaban J connectivity index is 1.75. The van der Waals surface area contributed by atoms with E-state index in [1.165, 1.54) is 12.8 Å². The Kier molecular flexibility index (Phi) is 2.83. The third-order valence-electron chi connectivity index (χ3n) is 3.98. The van der Waals surface area contributed by atoms with Gasteiger partial charge in [-0.1, -0.05) is 53.2 Å². The van der Waals surface area contributed by atoms with Gasteiger partial charge in [0.2, 0.25) is 0 Å². The third-order valence-corrected chi connectivity index (χ3v) is 4.59. The second kappa shape index (κ2) is 4.21. The summed E-state index contributed by atoms with van der Waals surface area (Å²) in [5.41, 5.74) is 0.855.